The van der Waals surface area contributed by atoms with Crippen molar-refractivity contribution in [2.75, 3.05) is 7.11 Å². The van der Waals surface area contributed by atoms with Crippen molar-refractivity contribution < 1.29 is 27.4 Å². The smallest absolute Gasteiger partial charge is 0.387 e. The summed E-state index contributed by atoms with van der Waals surface area (Å²) >= 11 is 0. The molecule has 126 valence electrons. The Morgan fingerprint density at radius 1 is 1.21 bits per heavy atom. The topological polar surface area (TPSA) is 59.9 Å². The number of halogens is 3. The van der Waals surface area contributed by atoms with E-state index in [1.807, 2.05) is 0 Å². The van der Waals surface area contributed by atoms with Crippen molar-refractivity contribution in [3.05, 3.63) is 59.4 Å². The van der Waals surface area contributed by atoms with Gasteiger partial charge in [-0.15, -0.1) is 0 Å². The van der Waals surface area contributed by atoms with E-state index in [-0.39, 0.29) is 17.1 Å². The number of methoxy groups -OCH3 is 1. The zero-order valence-electron chi connectivity index (χ0n) is 12.5. The standard InChI is InChI=1S/C16H13F3N2O3/c1-23-14-8-10(6-7-13(14)24-16(18)19)9-20-21-15(22)11-4-2-3-5-12(11)17/h2-9,16H,1H3,(H,21,22)/b20-9-. The Hall–Kier alpha value is -3.03. The highest BCUT2D eigenvalue weighted by molar-refractivity contribution is 5.95. The summed E-state index contributed by atoms with van der Waals surface area (Å²) in [5.41, 5.74) is 2.49. The summed E-state index contributed by atoms with van der Waals surface area (Å²) in [6, 6.07) is 9.59. The van der Waals surface area contributed by atoms with Gasteiger partial charge < -0.3 is 9.47 Å². The number of amides is 1. The van der Waals surface area contributed by atoms with Gasteiger partial charge in [0.1, 0.15) is 5.82 Å². The number of rotatable bonds is 6. The molecule has 0 heterocycles. The minimum atomic E-state index is -2.97. The molecule has 0 radical (unpaired) electrons. The highest BCUT2D eigenvalue weighted by Crippen LogP contribution is 2.28. The molecule has 2 aromatic carbocycles. The number of hydrogen-bond acceptors (Lipinski definition) is 4. The lowest BCUT2D eigenvalue weighted by Crippen LogP contribution is -2.18. The van der Waals surface area contributed by atoms with Crippen LogP contribution in [0.25, 0.3) is 0 Å². The van der Waals surface area contributed by atoms with E-state index in [0.717, 1.165) is 6.07 Å². The Morgan fingerprint density at radius 2 is 1.96 bits per heavy atom. The predicted octanol–water partition coefficient (Wildman–Crippen LogP) is 3.20. The zero-order valence-corrected chi connectivity index (χ0v) is 12.5. The summed E-state index contributed by atoms with van der Waals surface area (Å²) in [5.74, 6) is -1.42. The highest BCUT2D eigenvalue weighted by Gasteiger charge is 2.11. The van der Waals surface area contributed by atoms with Crippen LogP contribution in [0.5, 0.6) is 11.5 Å². The summed E-state index contributed by atoms with van der Waals surface area (Å²) < 4.78 is 47.1. The molecule has 0 aromatic heterocycles. The number of ether oxygens (including phenoxy) is 2. The van der Waals surface area contributed by atoms with E-state index in [0.29, 0.717) is 5.56 Å². The Labute approximate surface area is 135 Å². The van der Waals surface area contributed by atoms with Crippen LogP contribution in [0.4, 0.5) is 13.2 Å². The number of alkyl halides is 2. The average Bonchev–Trinajstić information content (AvgIpc) is 2.56. The lowest BCUT2D eigenvalue weighted by atomic mass is 10.2. The normalized spacial score (nSPS) is 10.9. The summed E-state index contributed by atoms with van der Waals surface area (Å²) in [6.45, 7) is -2.97. The van der Waals surface area contributed by atoms with E-state index in [9.17, 15) is 18.0 Å². The van der Waals surface area contributed by atoms with Crippen LogP contribution >= 0.6 is 0 Å². The molecule has 2 rings (SSSR count). The van der Waals surface area contributed by atoms with Gasteiger partial charge in [-0.1, -0.05) is 12.1 Å². The number of carbonyl (C=O) groups excluding carboxylic acids is 1. The van der Waals surface area contributed by atoms with E-state index < -0.39 is 18.3 Å². The van der Waals surface area contributed by atoms with Crippen molar-refractivity contribution in [1.82, 2.24) is 5.43 Å². The Morgan fingerprint density at radius 3 is 2.62 bits per heavy atom. The number of nitrogens with zero attached hydrogens (tertiary/aromatic N) is 1. The van der Waals surface area contributed by atoms with E-state index in [2.05, 4.69) is 15.3 Å². The number of hydrazone groups is 1. The van der Waals surface area contributed by atoms with Gasteiger partial charge in [-0.3, -0.25) is 4.79 Å². The SMILES string of the molecule is COc1cc(/C=N\NC(=O)c2ccccc2F)ccc1OC(F)F. The molecule has 0 aliphatic heterocycles. The van der Waals surface area contributed by atoms with Gasteiger partial charge in [0.25, 0.3) is 5.91 Å². The van der Waals surface area contributed by atoms with Gasteiger partial charge in [0, 0.05) is 0 Å². The molecule has 0 saturated heterocycles. The van der Waals surface area contributed by atoms with Crippen molar-refractivity contribution in [1.29, 1.82) is 0 Å². The van der Waals surface area contributed by atoms with Crippen molar-refractivity contribution in [3.63, 3.8) is 0 Å². The molecule has 0 aliphatic carbocycles. The minimum Gasteiger partial charge on any atom is -0.493 e. The van der Waals surface area contributed by atoms with Crippen LogP contribution in [0.1, 0.15) is 15.9 Å². The molecule has 5 nitrogen and oxygen atoms in total. The van der Waals surface area contributed by atoms with Crippen molar-refractivity contribution in [2.45, 2.75) is 6.61 Å². The van der Waals surface area contributed by atoms with Gasteiger partial charge in [0.2, 0.25) is 0 Å². The van der Waals surface area contributed by atoms with Crippen molar-refractivity contribution in [2.24, 2.45) is 5.10 Å². The van der Waals surface area contributed by atoms with Gasteiger partial charge >= 0.3 is 6.61 Å². The number of hydrogen-bond donors (Lipinski definition) is 1. The lowest BCUT2D eigenvalue weighted by Gasteiger charge is -2.09. The first-order valence-corrected chi connectivity index (χ1v) is 6.72. The van der Waals surface area contributed by atoms with Gasteiger partial charge in [-0.25, -0.2) is 9.82 Å². The van der Waals surface area contributed by atoms with Crippen LogP contribution in [0, 0.1) is 5.82 Å². The van der Waals surface area contributed by atoms with E-state index in [1.165, 1.54) is 49.7 Å². The molecule has 0 bridgehead atoms. The first kappa shape index (κ1) is 17.3. The van der Waals surface area contributed by atoms with E-state index >= 15 is 0 Å². The van der Waals surface area contributed by atoms with Gasteiger partial charge in [0.05, 0.1) is 18.9 Å². The number of nitrogens with one attached hydrogen (secondary N) is 1. The molecule has 1 N–H and O–H groups in total. The van der Waals surface area contributed by atoms with Gasteiger partial charge in [-0.05, 0) is 35.9 Å². The van der Waals surface area contributed by atoms with E-state index in [1.54, 1.807) is 0 Å². The summed E-state index contributed by atoms with van der Waals surface area (Å²) in [7, 11) is 1.30. The molecule has 0 atom stereocenters. The fraction of sp³-hybridized carbons (Fsp3) is 0.125. The van der Waals surface area contributed by atoms with Crippen LogP contribution < -0.4 is 14.9 Å². The quantitative estimate of drug-likeness (QED) is 0.650. The fourth-order valence-electron chi connectivity index (χ4n) is 1.83. The predicted molar refractivity (Wildman–Crippen MR) is 81.1 cm³/mol. The molecule has 0 saturated carbocycles. The van der Waals surface area contributed by atoms with Crippen molar-refractivity contribution in [3.8, 4) is 11.5 Å². The molecule has 1 amide bonds. The van der Waals surface area contributed by atoms with Gasteiger partial charge in [0.15, 0.2) is 11.5 Å². The lowest BCUT2D eigenvalue weighted by molar-refractivity contribution is -0.0512. The Balaban J connectivity index is 2.06. The minimum absolute atomic E-state index is 0.0830. The number of benzene rings is 2. The second-order valence-electron chi connectivity index (χ2n) is 4.47. The first-order chi connectivity index (χ1) is 11.5. The third-order valence-electron chi connectivity index (χ3n) is 2.90. The van der Waals surface area contributed by atoms with Crippen molar-refractivity contribution >= 4 is 12.1 Å². The van der Waals surface area contributed by atoms with Crippen LogP contribution in [-0.4, -0.2) is 25.8 Å². The summed E-state index contributed by atoms with van der Waals surface area (Å²) in [5, 5.41) is 3.69. The maximum Gasteiger partial charge on any atom is 0.387 e. The maximum absolute atomic E-state index is 13.4. The molecule has 0 fully saturated rings. The largest absolute Gasteiger partial charge is 0.493 e. The third-order valence-corrected chi connectivity index (χ3v) is 2.90. The molecule has 0 unspecified atom stereocenters. The third kappa shape index (κ3) is 4.48. The molecule has 24 heavy (non-hydrogen) atoms. The second kappa shape index (κ2) is 8.00. The van der Waals surface area contributed by atoms with Crippen LogP contribution in [-0.2, 0) is 0 Å². The van der Waals surface area contributed by atoms with Gasteiger partial charge in [-0.2, -0.15) is 13.9 Å². The molecular formula is C16H13F3N2O3. The average molecular weight is 338 g/mol. The maximum atomic E-state index is 13.4. The number of carbonyl (C=O) groups is 1. The molecule has 0 aliphatic rings. The molecule has 2 aromatic rings. The Bertz CT molecular complexity index is 751. The summed E-state index contributed by atoms with van der Waals surface area (Å²) in [6.07, 6.45) is 1.26. The van der Waals surface area contributed by atoms with Crippen LogP contribution in [0.3, 0.4) is 0 Å². The van der Waals surface area contributed by atoms with Crippen LogP contribution in [0.2, 0.25) is 0 Å². The second-order valence-corrected chi connectivity index (χ2v) is 4.47. The monoisotopic (exact) mass is 338 g/mol. The zero-order chi connectivity index (χ0) is 17.5. The molecular weight excluding hydrogens is 325 g/mol. The first-order valence-electron chi connectivity index (χ1n) is 6.72. The van der Waals surface area contributed by atoms with E-state index in [4.69, 9.17) is 4.74 Å². The summed E-state index contributed by atoms with van der Waals surface area (Å²) in [4.78, 5) is 11.8. The molecule has 8 heteroatoms. The fourth-order valence-corrected chi connectivity index (χ4v) is 1.83. The Kier molecular flexibility index (Phi) is 5.78. The molecule has 0 spiro atoms. The van der Waals surface area contributed by atoms with Crippen LogP contribution in [0.15, 0.2) is 47.6 Å². The highest BCUT2D eigenvalue weighted by atomic mass is 19.3.